The summed E-state index contributed by atoms with van der Waals surface area (Å²) in [5, 5.41) is 10.6. The van der Waals surface area contributed by atoms with Crippen molar-refractivity contribution in [3.05, 3.63) is 87.1 Å². The summed E-state index contributed by atoms with van der Waals surface area (Å²) in [7, 11) is 0. The zero-order chi connectivity index (χ0) is 19.5. The van der Waals surface area contributed by atoms with Crippen LogP contribution in [0.1, 0.15) is 5.56 Å². The van der Waals surface area contributed by atoms with Crippen LogP contribution < -0.4 is 0 Å². The minimum absolute atomic E-state index is 0.480. The van der Waals surface area contributed by atoms with Gasteiger partial charge in [-0.2, -0.15) is 0 Å². The zero-order valence-electron chi connectivity index (χ0n) is 14.4. The van der Waals surface area contributed by atoms with Crippen LogP contribution in [0.5, 0.6) is 0 Å². The van der Waals surface area contributed by atoms with Gasteiger partial charge in [-0.3, -0.25) is 9.55 Å². The highest BCUT2D eigenvalue weighted by atomic mass is 79.9. The highest BCUT2D eigenvalue weighted by molar-refractivity contribution is 9.10. The molecule has 4 rings (SSSR count). The number of hydrogen-bond acceptors (Lipinski definition) is 4. The standard InChI is InChI=1S/C20H13BrCl2N4S/c21-15-5-3-13(4-6-15)12-28-20-26-25-19(14-2-1-9-24-11-14)27(20)16-7-8-17(22)18(23)10-16/h1-11H,12H2. The fraction of sp³-hybridized carbons (Fsp3) is 0.0500. The SMILES string of the molecule is Clc1ccc(-n2c(SCc3ccc(Br)cc3)nnc2-c2cccnc2)cc1Cl. The Balaban J connectivity index is 1.74. The predicted octanol–water partition coefficient (Wildman–Crippen LogP) is 6.69. The molecule has 0 aliphatic carbocycles. The van der Waals surface area contributed by atoms with Crippen LogP contribution in [0.25, 0.3) is 17.1 Å². The summed E-state index contributed by atoms with van der Waals surface area (Å²) in [6, 6.07) is 17.5. The van der Waals surface area contributed by atoms with Crippen molar-refractivity contribution >= 4 is 50.9 Å². The van der Waals surface area contributed by atoms with Gasteiger partial charge in [-0.25, -0.2) is 0 Å². The van der Waals surface area contributed by atoms with Crippen LogP contribution >= 0.6 is 50.9 Å². The molecule has 28 heavy (non-hydrogen) atoms. The molecule has 0 fully saturated rings. The van der Waals surface area contributed by atoms with E-state index in [0.717, 1.165) is 26.6 Å². The molecule has 0 saturated carbocycles. The van der Waals surface area contributed by atoms with E-state index in [0.29, 0.717) is 15.9 Å². The first kappa shape index (κ1) is 19.5. The molecule has 0 amide bonds. The first-order chi connectivity index (χ1) is 13.6. The Bertz CT molecular complexity index is 1100. The summed E-state index contributed by atoms with van der Waals surface area (Å²) >= 11 is 17.4. The lowest BCUT2D eigenvalue weighted by atomic mass is 10.2. The van der Waals surface area contributed by atoms with E-state index < -0.39 is 0 Å². The van der Waals surface area contributed by atoms with E-state index in [9.17, 15) is 0 Å². The van der Waals surface area contributed by atoms with Crippen molar-refractivity contribution in [2.45, 2.75) is 10.9 Å². The van der Waals surface area contributed by atoms with Crippen LogP contribution in [0.4, 0.5) is 0 Å². The number of nitrogens with zero attached hydrogens (tertiary/aromatic N) is 4. The fourth-order valence-electron chi connectivity index (χ4n) is 2.63. The van der Waals surface area contributed by atoms with Crippen molar-refractivity contribution in [1.82, 2.24) is 19.7 Å². The molecule has 2 aromatic heterocycles. The van der Waals surface area contributed by atoms with E-state index in [1.165, 1.54) is 5.56 Å². The quantitative estimate of drug-likeness (QED) is 0.291. The topological polar surface area (TPSA) is 43.6 Å². The first-order valence-corrected chi connectivity index (χ1v) is 10.8. The van der Waals surface area contributed by atoms with Gasteiger partial charge in [-0.1, -0.05) is 63.0 Å². The van der Waals surface area contributed by atoms with Crippen LogP contribution in [0.3, 0.4) is 0 Å². The fourth-order valence-corrected chi connectivity index (χ4v) is 4.10. The zero-order valence-corrected chi connectivity index (χ0v) is 18.3. The third-order valence-corrected chi connectivity index (χ3v) is 6.26. The van der Waals surface area contributed by atoms with Gasteiger partial charge in [0, 0.05) is 28.2 Å². The summed E-state index contributed by atoms with van der Waals surface area (Å²) in [4.78, 5) is 4.20. The average molecular weight is 492 g/mol. The molecule has 0 saturated heterocycles. The Morgan fingerprint density at radius 3 is 2.50 bits per heavy atom. The lowest BCUT2D eigenvalue weighted by Crippen LogP contribution is -2.00. The Labute approximate surface area is 185 Å². The van der Waals surface area contributed by atoms with E-state index in [1.54, 1.807) is 30.2 Å². The lowest BCUT2D eigenvalue weighted by molar-refractivity contribution is 0.886. The van der Waals surface area contributed by atoms with E-state index in [4.69, 9.17) is 23.2 Å². The number of hydrogen-bond donors (Lipinski definition) is 0. The number of thioether (sulfide) groups is 1. The Kier molecular flexibility index (Phi) is 6.01. The smallest absolute Gasteiger partial charge is 0.196 e. The van der Waals surface area contributed by atoms with Gasteiger partial charge >= 0.3 is 0 Å². The van der Waals surface area contributed by atoms with Crippen LogP contribution in [0.15, 0.2) is 76.6 Å². The lowest BCUT2D eigenvalue weighted by Gasteiger charge is -2.11. The minimum Gasteiger partial charge on any atom is -0.270 e. The molecule has 4 nitrogen and oxygen atoms in total. The van der Waals surface area contributed by atoms with Gasteiger partial charge in [0.1, 0.15) is 0 Å². The number of rotatable bonds is 5. The number of aromatic nitrogens is 4. The summed E-state index contributed by atoms with van der Waals surface area (Å²) in [6.07, 6.45) is 3.49. The predicted molar refractivity (Wildman–Crippen MR) is 118 cm³/mol. The first-order valence-electron chi connectivity index (χ1n) is 8.30. The van der Waals surface area contributed by atoms with Crippen molar-refractivity contribution in [3.8, 4) is 17.1 Å². The molecule has 0 N–H and O–H groups in total. The molecule has 0 aliphatic rings. The molecule has 0 spiro atoms. The Morgan fingerprint density at radius 2 is 1.79 bits per heavy atom. The van der Waals surface area contributed by atoms with E-state index in [-0.39, 0.29) is 0 Å². The molecule has 0 aliphatic heterocycles. The molecule has 0 atom stereocenters. The Hall–Kier alpha value is -1.86. The average Bonchev–Trinajstić information content (AvgIpc) is 3.14. The molecule has 2 heterocycles. The highest BCUT2D eigenvalue weighted by Crippen LogP contribution is 2.32. The van der Waals surface area contributed by atoms with Gasteiger partial charge in [0.2, 0.25) is 0 Å². The second-order valence-electron chi connectivity index (χ2n) is 5.90. The van der Waals surface area contributed by atoms with Crippen LogP contribution in [0, 0.1) is 0 Å². The van der Waals surface area contributed by atoms with Crippen molar-refractivity contribution < 1.29 is 0 Å². The summed E-state index contributed by atoms with van der Waals surface area (Å²) in [5.74, 6) is 1.46. The molecule has 2 aromatic carbocycles. The monoisotopic (exact) mass is 490 g/mol. The molecule has 8 heteroatoms. The molecular weight excluding hydrogens is 479 g/mol. The normalized spacial score (nSPS) is 11.0. The minimum atomic E-state index is 0.480. The number of halogens is 3. The third kappa shape index (κ3) is 4.25. The van der Waals surface area contributed by atoms with Gasteiger partial charge < -0.3 is 0 Å². The van der Waals surface area contributed by atoms with Gasteiger partial charge in [0.15, 0.2) is 11.0 Å². The molecular formula is C20H13BrCl2N4S. The maximum Gasteiger partial charge on any atom is 0.196 e. The second kappa shape index (κ2) is 8.66. The van der Waals surface area contributed by atoms with Gasteiger partial charge in [0.25, 0.3) is 0 Å². The highest BCUT2D eigenvalue weighted by Gasteiger charge is 2.17. The maximum absolute atomic E-state index is 6.26. The van der Waals surface area contributed by atoms with Gasteiger partial charge in [-0.15, -0.1) is 10.2 Å². The summed E-state index contributed by atoms with van der Waals surface area (Å²) in [6.45, 7) is 0. The van der Waals surface area contributed by atoms with Gasteiger partial charge in [-0.05, 0) is 48.0 Å². The maximum atomic E-state index is 6.26. The van der Waals surface area contributed by atoms with E-state index in [1.807, 2.05) is 41.0 Å². The molecule has 4 aromatic rings. The molecule has 0 bridgehead atoms. The van der Waals surface area contributed by atoms with Gasteiger partial charge in [0.05, 0.1) is 15.7 Å². The van der Waals surface area contributed by atoms with Crippen LogP contribution in [-0.2, 0) is 5.75 Å². The van der Waals surface area contributed by atoms with Crippen molar-refractivity contribution in [2.75, 3.05) is 0 Å². The summed E-state index contributed by atoms with van der Waals surface area (Å²) < 4.78 is 3.03. The van der Waals surface area contributed by atoms with Crippen molar-refractivity contribution in [2.24, 2.45) is 0 Å². The largest absolute Gasteiger partial charge is 0.270 e. The second-order valence-corrected chi connectivity index (χ2v) is 8.57. The van der Waals surface area contributed by atoms with Crippen molar-refractivity contribution in [3.63, 3.8) is 0 Å². The Morgan fingerprint density at radius 1 is 0.964 bits per heavy atom. The van der Waals surface area contributed by atoms with E-state index in [2.05, 4.69) is 43.2 Å². The molecule has 140 valence electrons. The summed E-state index contributed by atoms with van der Waals surface area (Å²) in [5.41, 5.74) is 2.91. The molecule has 0 unspecified atom stereocenters. The molecule has 0 radical (unpaired) electrons. The van der Waals surface area contributed by atoms with Crippen molar-refractivity contribution in [1.29, 1.82) is 0 Å². The third-order valence-electron chi connectivity index (χ3n) is 4.00. The van der Waals surface area contributed by atoms with E-state index >= 15 is 0 Å². The number of pyridine rings is 1. The van der Waals surface area contributed by atoms with Crippen LogP contribution in [0.2, 0.25) is 10.0 Å². The van der Waals surface area contributed by atoms with Crippen LogP contribution in [-0.4, -0.2) is 19.7 Å². The number of benzene rings is 2.